The number of hydrogen-bond acceptors (Lipinski definition) is 5. The fourth-order valence-corrected chi connectivity index (χ4v) is 4.34. The highest BCUT2D eigenvalue weighted by molar-refractivity contribution is 7.98. The summed E-state index contributed by atoms with van der Waals surface area (Å²) in [5, 5.41) is 4.38. The fraction of sp³-hybridized carbons (Fsp3) is 0.148. The van der Waals surface area contributed by atoms with Gasteiger partial charge in [-0.1, -0.05) is 12.1 Å². The van der Waals surface area contributed by atoms with Crippen LogP contribution < -0.4 is 10.7 Å². The minimum atomic E-state index is 0.152. The fourth-order valence-electron chi connectivity index (χ4n) is 3.93. The molecule has 0 radical (unpaired) electrons. The normalized spacial score (nSPS) is 12.1. The summed E-state index contributed by atoms with van der Waals surface area (Å²) in [7, 11) is 0. The quantitative estimate of drug-likeness (QED) is 0.252. The monoisotopic (exact) mass is 451 g/mol. The maximum atomic E-state index is 5.00. The van der Waals surface area contributed by atoms with E-state index in [4.69, 9.17) is 9.98 Å². The maximum absolute atomic E-state index is 5.00. The second-order valence-electron chi connectivity index (χ2n) is 8.08. The van der Waals surface area contributed by atoms with Crippen LogP contribution in [-0.2, 0) is 0 Å². The number of rotatable bonds is 5. The van der Waals surface area contributed by atoms with Crippen molar-refractivity contribution in [2.45, 2.75) is 24.8 Å². The van der Waals surface area contributed by atoms with E-state index in [9.17, 15) is 0 Å². The van der Waals surface area contributed by atoms with Crippen molar-refractivity contribution in [3.63, 3.8) is 0 Å². The van der Waals surface area contributed by atoms with Crippen LogP contribution in [0.1, 0.15) is 13.8 Å². The zero-order valence-electron chi connectivity index (χ0n) is 18.9. The Kier molecular flexibility index (Phi) is 5.84. The SMILES string of the molecule is CSc1ccc(-n2c3c/c(=N\C(C)C)c(Nc4cccnc4)cc-3nc3ccccc32)cc1. The van der Waals surface area contributed by atoms with Crippen LogP contribution in [-0.4, -0.2) is 26.8 Å². The van der Waals surface area contributed by atoms with Gasteiger partial charge < -0.3 is 9.88 Å². The molecule has 164 valence electrons. The predicted octanol–water partition coefficient (Wildman–Crippen LogP) is 6.30. The van der Waals surface area contributed by atoms with Gasteiger partial charge in [-0.2, -0.15) is 0 Å². The van der Waals surface area contributed by atoms with Gasteiger partial charge in [0.05, 0.1) is 45.4 Å². The minimum absolute atomic E-state index is 0.152. The minimum Gasteiger partial charge on any atom is -0.352 e. The van der Waals surface area contributed by atoms with Crippen molar-refractivity contribution in [2.24, 2.45) is 4.99 Å². The van der Waals surface area contributed by atoms with Gasteiger partial charge in [0, 0.05) is 22.8 Å². The molecule has 2 aromatic carbocycles. The highest BCUT2D eigenvalue weighted by atomic mass is 32.2. The third-order valence-corrected chi connectivity index (χ3v) is 6.11. The van der Waals surface area contributed by atoms with Crippen LogP contribution in [0, 0.1) is 0 Å². The first-order chi connectivity index (χ1) is 16.1. The Hall–Kier alpha value is -3.64. The van der Waals surface area contributed by atoms with Crippen LogP contribution in [0.4, 0.5) is 11.4 Å². The Morgan fingerprint density at radius 3 is 2.52 bits per heavy atom. The van der Waals surface area contributed by atoms with Crippen LogP contribution >= 0.6 is 11.8 Å². The van der Waals surface area contributed by atoms with Gasteiger partial charge in [-0.3, -0.25) is 9.98 Å². The average Bonchev–Trinajstić information content (AvgIpc) is 2.83. The Morgan fingerprint density at radius 1 is 0.970 bits per heavy atom. The van der Waals surface area contributed by atoms with E-state index in [1.807, 2.05) is 24.4 Å². The molecule has 5 nitrogen and oxygen atoms in total. The summed E-state index contributed by atoms with van der Waals surface area (Å²) in [6, 6.07) is 25.2. The van der Waals surface area contributed by atoms with Gasteiger partial charge in [0.25, 0.3) is 0 Å². The van der Waals surface area contributed by atoms with Crippen molar-refractivity contribution in [3.8, 4) is 17.1 Å². The number of aromatic nitrogens is 3. The molecule has 3 aromatic rings. The number of nitrogens with one attached hydrogen (secondary N) is 1. The van der Waals surface area contributed by atoms with E-state index in [1.54, 1.807) is 18.0 Å². The van der Waals surface area contributed by atoms with Crippen molar-refractivity contribution >= 4 is 34.2 Å². The van der Waals surface area contributed by atoms with Gasteiger partial charge >= 0.3 is 0 Å². The summed E-state index contributed by atoms with van der Waals surface area (Å²) in [6.07, 6.45) is 5.67. The molecule has 0 spiro atoms. The molecule has 1 aliphatic heterocycles. The number of hydrogen-bond donors (Lipinski definition) is 1. The molecule has 0 saturated carbocycles. The Morgan fingerprint density at radius 2 is 1.79 bits per heavy atom. The first kappa shape index (κ1) is 21.2. The highest BCUT2D eigenvalue weighted by Gasteiger charge is 2.16. The predicted molar refractivity (Wildman–Crippen MR) is 138 cm³/mol. The topological polar surface area (TPSA) is 55.1 Å². The summed E-state index contributed by atoms with van der Waals surface area (Å²) in [4.78, 5) is 15.4. The molecule has 0 amide bonds. The van der Waals surface area contributed by atoms with Gasteiger partial charge in [-0.05, 0) is 80.8 Å². The molecular weight excluding hydrogens is 426 g/mol. The van der Waals surface area contributed by atoms with Crippen molar-refractivity contribution < 1.29 is 0 Å². The second-order valence-corrected chi connectivity index (χ2v) is 8.96. The number of nitrogens with zero attached hydrogens (tertiary/aromatic N) is 4. The molecule has 0 fully saturated rings. The lowest BCUT2D eigenvalue weighted by molar-refractivity contribution is 0.806. The van der Waals surface area contributed by atoms with Crippen molar-refractivity contribution in [2.75, 3.05) is 11.6 Å². The number of anilines is 2. The average molecular weight is 452 g/mol. The zero-order valence-corrected chi connectivity index (χ0v) is 19.7. The number of pyridine rings is 1. The smallest absolute Gasteiger partial charge is 0.0900 e. The van der Waals surface area contributed by atoms with E-state index < -0.39 is 0 Å². The van der Waals surface area contributed by atoms with Gasteiger partial charge in [0.1, 0.15) is 0 Å². The Balaban J connectivity index is 1.81. The summed E-state index contributed by atoms with van der Waals surface area (Å²) >= 11 is 1.74. The molecule has 2 heterocycles. The number of para-hydroxylation sites is 2. The van der Waals surface area contributed by atoms with Crippen molar-refractivity contribution in [1.82, 2.24) is 14.5 Å². The first-order valence-electron chi connectivity index (χ1n) is 10.9. The standard InChI is InChI=1S/C27H25N5S/c1-18(2)29-24-16-27-25(15-23(24)30-19-7-6-14-28-17-19)31-22-8-4-5-9-26(22)32(27)20-10-12-21(33-3)13-11-20/h4-18,30H,1-3H3/b29-24+. The van der Waals surface area contributed by atoms with E-state index in [-0.39, 0.29) is 6.04 Å². The largest absolute Gasteiger partial charge is 0.352 e. The van der Waals surface area contributed by atoms with E-state index in [0.29, 0.717) is 0 Å². The van der Waals surface area contributed by atoms with Crippen LogP contribution in [0.2, 0.25) is 0 Å². The molecule has 1 aliphatic carbocycles. The zero-order chi connectivity index (χ0) is 22.8. The second kappa shape index (κ2) is 9.08. The van der Waals surface area contributed by atoms with Crippen LogP contribution in [0.5, 0.6) is 0 Å². The molecule has 33 heavy (non-hydrogen) atoms. The summed E-state index contributed by atoms with van der Waals surface area (Å²) in [5.74, 6) is 0. The van der Waals surface area contributed by atoms with E-state index >= 15 is 0 Å². The molecule has 5 rings (SSSR count). The first-order valence-corrected chi connectivity index (χ1v) is 12.2. The molecule has 1 aromatic heterocycles. The van der Waals surface area contributed by atoms with E-state index in [1.165, 1.54) is 4.90 Å². The van der Waals surface area contributed by atoms with E-state index in [2.05, 4.69) is 89.6 Å². The highest BCUT2D eigenvalue weighted by Crippen LogP contribution is 2.31. The van der Waals surface area contributed by atoms with Crippen LogP contribution in [0.15, 0.2) is 95.1 Å². The summed E-state index contributed by atoms with van der Waals surface area (Å²) in [6.45, 7) is 4.18. The molecule has 1 N–H and O–H groups in total. The summed E-state index contributed by atoms with van der Waals surface area (Å²) < 4.78 is 2.27. The third kappa shape index (κ3) is 4.34. The maximum Gasteiger partial charge on any atom is 0.0900 e. The van der Waals surface area contributed by atoms with Gasteiger partial charge in [-0.15, -0.1) is 11.8 Å². The number of fused-ring (bicyclic) bond motifs is 2. The lowest BCUT2D eigenvalue weighted by Crippen LogP contribution is -2.16. The molecule has 0 saturated heterocycles. The van der Waals surface area contributed by atoms with Crippen molar-refractivity contribution in [3.05, 3.63) is 90.5 Å². The molecular formula is C27H25N5S. The van der Waals surface area contributed by atoms with Crippen molar-refractivity contribution in [1.29, 1.82) is 0 Å². The van der Waals surface area contributed by atoms with Gasteiger partial charge in [0.15, 0.2) is 0 Å². The molecule has 0 unspecified atom stereocenters. The van der Waals surface area contributed by atoms with Crippen LogP contribution in [0.3, 0.4) is 0 Å². The Bertz CT molecular complexity index is 1440. The lowest BCUT2D eigenvalue weighted by atomic mass is 10.1. The van der Waals surface area contributed by atoms with Crippen LogP contribution in [0.25, 0.3) is 28.1 Å². The number of thioether (sulfide) groups is 1. The molecule has 0 atom stereocenters. The Labute approximate surface area is 197 Å². The number of benzene rings is 3. The lowest BCUT2D eigenvalue weighted by Gasteiger charge is -2.20. The van der Waals surface area contributed by atoms with E-state index in [0.717, 1.165) is 44.8 Å². The van der Waals surface area contributed by atoms with Gasteiger partial charge in [0.2, 0.25) is 0 Å². The summed E-state index contributed by atoms with van der Waals surface area (Å²) in [5.41, 5.74) is 6.85. The molecule has 0 bridgehead atoms. The molecule has 2 aliphatic rings. The van der Waals surface area contributed by atoms with Gasteiger partial charge in [-0.25, -0.2) is 4.98 Å². The molecule has 6 heteroatoms. The third-order valence-electron chi connectivity index (χ3n) is 5.37.